The van der Waals surface area contributed by atoms with Crippen molar-refractivity contribution in [1.29, 1.82) is 0 Å². The van der Waals surface area contributed by atoms with Gasteiger partial charge in [-0.05, 0) is 71.3 Å². The maximum absolute atomic E-state index is 8.37. The lowest BCUT2D eigenvalue weighted by Crippen LogP contribution is -2.07. The van der Waals surface area contributed by atoms with Gasteiger partial charge in [-0.2, -0.15) is 0 Å². The average Bonchev–Trinajstić information content (AvgIpc) is 3.65. The summed E-state index contributed by atoms with van der Waals surface area (Å²) in [4.78, 5) is 3.34. The van der Waals surface area contributed by atoms with E-state index in [0.29, 0.717) is 5.56 Å². The van der Waals surface area contributed by atoms with Gasteiger partial charge in [-0.1, -0.05) is 84.8 Å². The van der Waals surface area contributed by atoms with Gasteiger partial charge < -0.3 is 4.90 Å². The Bertz CT molecular complexity index is 2070. The van der Waals surface area contributed by atoms with Crippen molar-refractivity contribution >= 4 is 59.2 Å². The number of para-hydroxylation sites is 1. The molecular formula is C34H23NS2. The van der Waals surface area contributed by atoms with Crippen LogP contribution in [0.3, 0.4) is 0 Å². The summed E-state index contributed by atoms with van der Waals surface area (Å²) in [6.07, 6.45) is 0. The van der Waals surface area contributed by atoms with Crippen LogP contribution < -0.4 is 4.90 Å². The lowest BCUT2D eigenvalue weighted by atomic mass is 10.1. The highest BCUT2D eigenvalue weighted by Gasteiger charge is 2.16. The zero-order valence-corrected chi connectivity index (χ0v) is 21.3. The van der Waals surface area contributed by atoms with Crippen molar-refractivity contribution in [1.82, 2.24) is 0 Å². The maximum atomic E-state index is 8.37. The maximum Gasteiger partial charge on any atom is 0.101 e. The summed E-state index contributed by atoms with van der Waals surface area (Å²) < 4.78 is 43.3. The van der Waals surface area contributed by atoms with E-state index in [4.69, 9.17) is 6.85 Å². The van der Waals surface area contributed by atoms with Crippen LogP contribution in [0.5, 0.6) is 0 Å². The van der Waals surface area contributed by atoms with Gasteiger partial charge in [0, 0.05) is 36.4 Å². The van der Waals surface area contributed by atoms with E-state index in [1.165, 1.54) is 30.6 Å². The molecule has 0 saturated carbocycles. The van der Waals surface area contributed by atoms with E-state index >= 15 is 0 Å². The molecule has 1 nitrogen and oxygen atoms in total. The Balaban J connectivity index is 1.29. The summed E-state index contributed by atoms with van der Waals surface area (Å²) in [6.45, 7) is 0. The van der Waals surface area contributed by atoms with E-state index in [2.05, 4.69) is 71.6 Å². The minimum Gasteiger partial charge on any atom is -0.302 e. The highest BCUT2D eigenvalue weighted by Crippen LogP contribution is 2.43. The summed E-state index contributed by atoms with van der Waals surface area (Å²) in [5.74, 6) is 0. The molecule has 3 heteroatoms. The largest absolute Gasteiger partial charge is 0.302 e. The van der Waals surface area contributed by atoms with Crippen LogP contribution in [0.25, 0.3) is 41.7 Å². The average molecular weight is 515 g/mol. The van der Waals surface area contributed by atoms with Gasteiger partial charge in [0.25, 0.3) is 0 Å². The number of fused-ring (bicyclic) bond motifs is 3. The third kappa shape index (κ3) is 4.13. The second-order valence-corrected chi connectivity index (χ2v) is 10.8. The molecule has 7 rings (SSSR count). The fourth-order valence-corrected chi connectivity index (χ4v) is 6.77. The molecule has 0 aliphatic rings. The molecule has 0 aliphatic heterocycles. The van der Waals surface area contributed by atoms with Crippen molar-refractivity contribution < 1.29 is 6.85 Å². The Morgan fingerprint density at radius 3 is 2.05 bits per heavy atom. The van der Waals surface area contributed by atoms with Gasteiger partial charge in [-0.3, -0.25) is 0 Å². The van der Waals surface area contributed by atoms with Crippen LogP contribution in [0.1, 0.15) is 6.85 Å². The Morgan fingerprint density at radius 2 is 1.22 bits per heavy atom. The zero-order chi connectivity index (χ0) is 29.0. The number of hydrogen-bond donors (Lipinski definition) is 0. The van der Waals surface area contributed by atoms with Crippen molar-refractivity contribution in [3.05, 3.63) is 139 Å². The van der Waals surface area contributed by atoms with E-state index in [1.807, 2.05) is 53.8 Å². The molecule has 0 aliphatic carbocycles. The van der Waals surface area contributed by atoms with E-state index in [9.17, 15) is 0 Å². The standard InChI is InChI=1S/C34H23NS2/c1-3-9-24(10-4-1)25-15-18-28(19-16-25)35(27-11-5-2-6-12-27)34-22-21-31(37-34)26-17-20-33-30(23-26)29-13-7-8-14-32(29)36-33/h1-23H/i1D,3D,4D,9D,10D. The first-order valence-corrected chi connectivity index (χ1v) is 13.6. The van der Waals surface area contributed by atoms with Crippen LogP contribution in [0.4, 0.5) is 16.4 Å². The SMILES string of the molecule is [2H]c1c([2H])c([2H])c(-c2ccc(N(c3ccccc3)c3ccc(-c4ccc5sc6ccccc6c5c4)s3)cc2)c([2H])c1[2H]. The summed E-state index contributed by atoms with van der Waals surface area (Å²) in [7, 11) is 0. The number of thiophene rings is 2. The van der Waals surface area contributed by atoms with Gasteiger partial charge in [0.1, 0.15) is 5.00 Å². The molecule has 0 spiro atoms. The van der Waals surface area contributed by atoms with E-state index in [0.717, 1.165) is 16.4 Å². The van der Waals surface area contributed by atoms with Gasteiger partial charge in [-0.25, -0.2) is 0 Å². The first-order valence-electron chi connectivity index (χ1n) is 14.4. The van der Waals surface area contributed by atoms with Crippen molar-refractivity contribution in [3.63, 3.8) is 0 Å². The summed E-state index contributed by atoms with van der Waals surface area (Å²) >= 11 is 3.53. The van der Waals surface area contributed by atoms with Gasteiger partial charge in [0.2, 0.25) is 0 Å². The molecule has 5 aromatic carbocycles. The second-order valence-electron chi connectivity index (χ2n) is 8.66. The van der Waals surface area contributed by atoms with E-state index in [1.54, 1.807) is 11.3 Å². The van der Waals surface area contributed by atoms with Crippen LogP contribution in [0.15, 0.2) is 139 Å². The third-order valence-corrected chi connectivity index (χ3v) is 8.67. The first kappa shape index (κ1) is 17.3. The smallest absolute Gasteiger partial charge is 0.101 e. The predicted molar refractivity (Wildman–Crippen MR) is 163 cm³/mol. The molecule has 7 aromatic rings. The van der Waals surface area contributed by atoms with Gasteiger partial charge in [-0.15, -0.1) is 22.7 Å². The van der Waals surface area contributed by atoms with Crippen LogP contribution in [0, 0.1) is 0 Å². The Morgan fingerprint density at radius 1 is 0.514 bits per heavy atom. The zero-order valence-electron chi connectivity index (χ0n) is 24.7. The van der Waals surface area contributed by atoms with Crippen molar-refractivity contribution in [2.45, 2.75) is 0 Å². The fourth-order valence-electron chi connectivity index (χ4n) is 4.63. The van der Waals surface area contributed by atoms with E-state index < -0.39 is 0 Å². The summed E-state index contributed by atoms with van der Waals surface area (Å²) in [5, 5.41) is 3.59. The molecule has 0 N–H and O–H groups in total. The molecule has 0 unspecified atom stereocenters. The molecule has 176 valence electrons. The number of benzene rings is 5. The van der Waals surface area contributed by atoms with Crippen LogP contribution in [0.2, 0.25) is 0 Å². The number of hydrogen-bond acceptors (Lipinski definition) is 3. The van der Waals surface area contributed by atoms with Gasteiger partial charge in [0.05, 0.1) is 6.85 Å². The Labute approximate surface area is 231 Å². The first-order chi connectivity index (χ1) is 20.4. The molecule has 0 bridgehead atoms. The highest BCUT2D eigenvalue weighted by molar-refractivity contribution is 7.25. The van der Waals surface area contributed by atoms with Crippen LogP contribution in [-0.4, -0.2) is 0 Å². The molecule has 37 heavy (non-hydrogen) atoms. The lowest BCUT2D eigenvalue weighted by molar-refractivity contribution is 1.32. The summed E-state index contributed by atoms with van der Waals surface area (Å²) in [6, 6.07) is 35.7. The molecule has 2 aromatic heterocycles. The van der Waals surface area contributed by atoms with Crippen LogP contribution in [-0.2, 0) is 0 Å². The molecular weight excluding hydrogens is 487 g/mol. The lowest BCUT2D eigenvalue weighted by Gasteiger charge is -2.23. The van der Waals surface area contributed by atoms with Gasteiger partial charge >= 0.3 is 0 Å². The summed E-state index contributed by atoms with van der Waals surface area (Å²) in [5.41, 5.74) is 3.86. The Hall–Kier alpha value is -4.18. The molecule has 0 atom stereocenters. The normalized spacial score (nSPS) is 13.1. The van der Waals surface area contributed by atoms with Crippen molar-refractivity contribution in [3.8, 4) is 21.6 Å². The van der Waals surface area contributed by atoms with Crippen molar-refractivity contribution in [2.24, 2.45) is 0 Å². The number of anilines is 3. The molecule has 0 radical (unpaired) electrons. The fraction of sp³-hybridized carbons (Fsp3) is 0. The highest BCUT2D eigenvalue weighted by atomic mass is 32.1. The minimum absolute atomic E-state index is 0.202. The molecule has 0 amide bonds. The molecule has 0 fully saturated rings. The minimum atomic E-state index is -0.388. The second kappa shape index (κ2) is 9.36. The predicted octanol–water partition coefficient (Wildman–Crippen LogP) is 10.9. The molecule has 0 saturated heterocycles. The quantitative estimate of drug-likeness (QED) is 0.221. The number of nitrogens with zero attached hydrogens (tertiary/aromatic N) is 1. The monoisotopic (exact) mass is 514 g/mol. The molecule has 2 heterocycles. The Kier molecular flexibility index (Phi) is 4.38. The van der Waals surface area contributed by atoms with E-state index in [-0.39, 0.29) is 35.8 Å². The topological polar surface area (TPSA) is 3.24 Å². The van der Waals surface area contributed by atoms with Crippen LogP contribution >= 0.6 is 22.7 Å². The third-order valence-electron chi connectivity index (χ3n) is 6.40. The number of rotatable bonds is 5. The van der Waals surface area contributed by atoms with Crippen molar-refractivity contribution in [2.75, 3.05) is 4.90 Å². The van der Waals surface area contributed by atoms with Gasteiger partial charge in [0.15, 0.2) is 0 Å².